The highest BCUT2D eigenvalue weighted by molar-refractivity contribution is 7.89. The van der Waals surface area contributed by atoms with E-state index in [4.69, 9.17) is 0 Å². The maximum absolute atomic E-state index is 14.0. The lowest BCUT2D eigenvalue weighted by atomic mass is 9.78. The van der Waals surface area contributed by atoms with Crippen molar-refractivity contribution in [3.63, 3.8) is 0 Å². The van der Waals surface area contributed by atoms with Gasteiger partial charge in [-0.05, 0) is 31.9 Å². The highest BCUT2D eigenvalue weighted by Gasteiger charge is 2.48. The number of rotatable bonds is 6. The van der Waals surface area contributed by atoms with Gasteiger partial charge in [0, 0.05) is 51.1 Å². The standard InChI is InChI=1S/C22H27F4N5O3S/c1-15-27-13-18(29-15)35(33,34)31-11-9-30(10-12-31)21(5-7-22(25,26)8-6-21)14-28-20(32)19-16(23)3-2-4-17(19)24/h2-4,13H,5-12,14H2,1H3,(H,27,29)(H,28,32). The summed E-state index contributed by atoms with van der Waals surface area (Å²) < 4.78 is 83.1. The van der Waals surface area contributed by atoms with E-state index < -0.39 is 57.4 Å². The summed E-state index contributed by atoms with van der Waals surface area (Å²) in [5.41, 5.74) is -1.62. The van der Waals surface area contributed by atoms with Crippen molar-refractivity contribution in [1.29, 1.82) is 0 Å². The predicted octanol–water partition coefficient (Wildman–Crippen LogP) is 2.68. The quantitative estimate of drug-likeness (QED) is 0.575. The van der Waals surface area contributed by atoms with Gasteiger partial charge in [0.05, 0.1) is 6.20 Å². The maximum Gasteiger partial charge on any atom is 0.260 e. The number of nitrogens with one attached hydrogen (secondary N) is 2. The fraction of sp³-hybridized carbons (Fsp3) is 0.545. The van der Waals surface area contributed by atoms with E-state index in [2.05, 4.69) is 15.3 Å². The second kappa shape index (κ2) is 9.51. The molecule has 1 saturated carbocycles. The summed E-state index contributed by atoms with van der Waals surface area (Å²) in [5.74, 6) is -5.37. The molecule has 1 amide bonds. The molecular weight excluding hydrogens is 490 g/mol. The van der Waals surface area contributed by atoms with Crippen LogP contribution in [0.25, 0.3) is 0 Å². The van der Waals surface area contributed by atoms with Crippen LogP contribution in [0.3, 0.4) is 0 Å². The first-order valence-corrected chi connectivity index (χ1v) is 12.7. The average molecular weight is 518 g/mol. The Morgan fingerprint density at radius 1 is 1.09 bits per heavy atom. The zero-order chi connectivity index (χ0) is 25.4. The minimum atomic E-state index is -3.79. The molecular formula is C22H27F4N5O3S. The van der Waals surface area contributed by atoms with E-state index in [0.29, 0.717) is 5.82 Å². The molecule has 2 fully saturated rings. The normalized spacial score (nSPS) is 21.1. The molecule has 1 aromatic carbocycles. The second-order valence-electron chi connectivity index (χ2n) is 9.08. The smallest absolute Gasteiger partial charge is 0.260 e. The van der Waals surface area contributed by atoms with Gasteiger partial charge in [-0.1, -0.05) is 6.07 Å². The molecule has 4 rings (SSSR count). The van der Waals surface area contributed by atoms with E-state index in [1.54, 1.807) is 6.92 Å². The highest BCUT2D eigenvalue weighted by Crippen LogP contribution is 2.42. The van der Waals surface area contributed by atoms with Gasteiger partial charge in [0.1, 0.15) is 23.0 Å². The van der Waals surface area contributed by atoms with Crippen LogP contribution >= 0.6 is 0 Å². The van der Waals surface area contributed by atoms with Gasteiger partial charge in [0.15, 0.2) is 5.03 Å². The number of aryl methyl sites for hydroxylation is 1. The summed E-state index contributed by atoms with van der Waals surface area (Å²) in [5, 5.41) is 2.52. The molecule has 192 valence electrons. The van der Waals surface area contributed by atoms with Crippen LogP contribution in [0.5, 0.6) is 0 Å². The van der Waals surface area contributed by atoms with Gasteiger partial charge in [-0.25, -0.2) is 31.0 Å². The highest BCUT2D eigenvalue weighted by atomic mass is 32.2. The molecule has 35 heavy (non-hydrogen) atoms. The first kappa shape index (κ1) is 25.6. The molecule has 0 unspecified atom stereocenters. The van der Waals surface area contributed by atoms with Crippen LogP contribution in [-0.4, -0.2) is 77.7 Å². The van der Waals surface area contributed by atoms with Gasteiger partial charge in [-0.3, -0.25) is 9.69 Å². The number of aromatic amines is 1. The van der Waals surface area contributed by atoms with Gasteiger partial charge in [0.25, 0.3) is 15.9 Å². The fourth-order valence-electron chi connectivity index (χ4n) is 4.81. The lowest BCUT2D eigenvalue weighted by molar-refractivity contribution is -0.0856. The molecule has 2 aliphatic rings. The van der Waals surface area contributed by atoms with Crippen LogP contribution in [0.1, 0.15) is 41.9 Å². The Labute approximate surface area is 200 Å². The van der Waals surface area contributed by atoms with Crippen molar-refractivity contribution >= 4 is 15.9 Å². The summed E-state index contributed by atoms with van der Waals surface area (Å²) in [6.45, 7) is 2.29. The number of H-pyrrole nitrogens is 1. The van der Waals surface area contributed by atoms with Crippen molar-refractivity contribution in [2.75, 3.05) is 32.7 Å². The molecule has 8 nitrogen and oxygen atoms in total. The number of aromatic nitrogens is 2. The molecule has 0 spiro atoms. The number of sulfonamides is 1. The Kier molecular flexibility index (Phi) is 6.95. The Morgan fingerprint density at radius 2 is 1.69 bits per heavy atom. The monoisotopic (exact) mass is 517 g/mol. The lowest BCUT2D eigenvalue weighted by Gasteiger charge is -2.50. The van der Waals surface area contributed by atoms with E-state index in [1.165, 1.54) is 10.5 Å². The minimum absolute atomic E-state index is 0.0188. The Hall–Kier alpha value is -2.51. The van der Waals surface area contributed by atoms with Crippen LogP contribution < -0.4 is 5.32 Å². The topological polar surface area (TPSA) is 98.4 Å². The van der Waals surface area contributed by atoms with E-state index in [0.717, 1.165) is 18.2 Å². The summed E-state index contributed by atoms with van der Waals surface area (Å²) in [6, 6.07) is 3.08. The van der Waals surface area contributed by atoms with Crippen molar-refractivity contribution in [3.05, 3.63) is 47.4 Å². The number of hydrogen-bond acceptors (Lipinski definition) is 5. The summed E-state index contributed by atoms with van der Waals surface area (Å²) in [6.07, 6.45) is 0.546. The molecule has 1 aromatic heterocycles. The number of nitrogens with zero attached hydrogens (tertiary/aromatic N) is 3. The molecule has 1 saturated heterocycles. The zero-order valence-electron chi connectivity index (χ0n) is 19.2. The van der Waals surface area contributed by atoms with Crippen molar-refractivity contribution in [2.45, 2.75) is 49.1 Å². The number of amides is 1. The summed E-state index contributed by atoms with van der Waals surface area (Å²) >= 11 is 0. The third-order valence-corrected chi connectivity index (χ3v) is 8.70. The molecule has 2 aromatic rings. The van der Waals surface area contributed by atoms with Crippen molar-refractivity contribution in [1.82, 2.24) is 24.5 Å². The maximum atomic E-state index is 14.0. The third kappa shape index (κ3) is 5.21. The number of carbonyl (C=O) groups is 1. The van der Waals surface area contributed by atoms with Gasteiger partial charge in [0.2, 0.25) is 5.92 Å². The van der Waals surface area contributed by atoms with E-state index in [-0.39, 0.29) is 50.6 Å². The van der Waals surface area contributed by atoms with Crippen LogP contribution in [0.4, 0.5) is 17.6 Å². The van der Waals surface area contributed by atoms with E-state index >= 15 is 0 Å². The fourth-order valence-corrected chi connectivity index (χ4v) is 6.19. The molecule has 1 aliphatic heterocycles. The van der Waals surface area contributed by atoms with E-state index in [1.807, 2.05) is 4.90 Å². The molecule has 0 radical (unpaired) electrons. The number of hydrogen-bond donors (Lipinski definition) is 2. The van der Waals surface area contributed by atoms with Crippen LogP contribution in [-0.2, 0) is 10.0 Å². The Morgan fingerprint density at radius 3 is 2.23 bits per heavy atom. The van der Waals surface area contributed by atoms with Gasteiger partial charge < -0.3 is 10.3 Å². The summed E-state index contributed by atoms with van der Waals surface area (Å²) in [7, 11) is -3.79. The number of alkyl halides is 2. The van der Waals surface area contributed by atoms with Crippen molar-refractivity contribution in [2.24, 2.45) is 0 Å². The first-order valence-electron chi connectivity index (χ1n) is 11.3. The van der Waals surface area contributed by atoms with Crippen molar-refractivity contribution in [3.8, 4) is 0 Å². The zero-order valence-corrected chi connectivity index (χ0v) is 20.0. The number of piperazine rings is 1. The van der Waals surface area contributed by atoms with Gasteiger partial charge in [-0.2, -0.15) is 4.31 Å². The molecule has 13 heteroatoms. The van der Waals surface area contributed by atoms with Gasteiger partial charge in [-0.15, -0.1) is 0 Å². The van der Waals surface area contributed by atoms with Crippen LogP contribution in [0, 0.1) is 18.6 Å². The molecule has 2 N–H and O–H groups in total. The Balaban J connectivity index is 1.49. The lowest BCUT2D eigenvalue weighted by Crippen LogP contribution is -2.63. The van der Waals surface area contributed by atoms with Crippen LogP contribution in [0.2, 0.25) is 0 Å². The number of benzene rings is 1. The largest absolute Gasteiger partial charge is 0.350 e. The van der Waals surface area contributed by atoms with Crippen molar-refractivity contribution < 1.29 is 30.8 Å². The number of halogens is 4. The molecule has 2 heterocycles. The first-order chi connectivity index (χ1) is 16.4. The number of imidazole rings is 1. The molecule has 0 atom stereocenters. The van der Waals surface area contributed by atoms with Crippen LogP contribution in [0.15, 0.2) is 29.4 Å². The molecule has 0 bridgehead atoms. The number of carbonyl (C=O) groups excluding carboxylic acids is 1. The third-order valence-electron chi connectivity index (χ3n) is 6.89. The van der Waals surface area contributed by atoms with E-state index in [9.17, 15) is 30.8 Å². The van der Waals surface area contributed by atoms with Gasteiger partial charge >= 0.3 is 0 Å². The Bertz CT molecular complexity index is 1170. The predicted molar refractivity (Wildman–Crippen MR) is 118 cm³/mol. The average Bonchev–Trinajstić information content (AvgIpc) is 3.26. The SMILES string of the molecule is Cc1ncc(S(=O)(=O)N2CCN(C3(CNC(=O)c4c(F)cccc4F)CCC(F)(F)CC3)CC2)[nH]1. The minimum Gasteiger partial charge on any atom is -0.350 e. The second-order valence-corrected chi connectivity index (χ2v) is 11.0. The molecule has 1 aliphatic carbocycles. The summed E-state index contributed by atoms with van der Waals surface area (Å²) in [4.78, 5) is 21.1.